The molecular weight excluding hydrogens is 456 g/mol. The molecule has 180 valence electrons. The van der Waals surface area contributed by atoms with E-state index in [2.05, 4.69) is 20.3 Å². The number of nitrogens with one attached hydrogen (secondary N) is 2. The van der Waals surface area contributed by atoms with E-state index in [1.807, 2.05) is 42.5 Å². The molecule has 0 atom stereocenters. The van der Waals surface area contributed by atoms with Crippen molar-refractivity contribution in [2.45, 2.75) is 6.54 Å². The number of aromatic hydroxyl groups is 1. The van der Waals surface area contributed by atoms with Crippen LogP contribution in [0, 0.1) is 0 Å². The highest BCUT2D eigenvalue weighted by Gasteiger charge is 2.15. The van der Waals surface area contributed by atoms with Gasteiger partial charge in [-0.3, -0.25) is 4.79 Å². The van der Waals surface area contributed by atoms with Crippen molar-refractivity contribution < 1.29 is 19.4 Å². The summed E-state index contributed by atoms with van der Waals surface area (Å²) in [6.07, 6.45) is 1.66. The molecule has 0 radical (unpaired) electrons. The summed E-state index contributed by atoms with van der Waals surface area (Å²) in [5, 5.41) is 13.5. The standard InChI is InChI=1S/C28H24N4O4/c1-35-25-8-4-3-6-19(25)16-30-27(34)18-9-11-22-23(15-18)32-26(31-22)21-14-17(10-12-24(21)33)20-7-5-13-29-28(20)36-2/h3-15,33H,16H2,1-2H3,(H,30,34)(H,31,32). The molecule has 5 aromatic rings. The minimum Gasteiger partial charge on any atom is -0.507 e. The fourth-order valence-electron chi connectivity index (χ4n) is 4.07. The molecule has 0 bridgehead atoms. The number of para-hydroxylation sites is 1. The lowest BCUT2D eigenvalue weighted by atomic mass is 10.0. The van der Waals surface area contributed by atoms with Gasteiger partial charge in [0, 0.05) is 29.4 Å². The first-order valence-electron chi connectivity index (χ1n) is 11.3. The number of methoxy groups -OCH3 is 2. The number of carbonyl (C=O) groups is 1. The number of phenolic OH excluding ortho intramolecular Hbond substituents is 1. The van der Waals surface area contributed by atoms with Gasteiger partial charge in [0.05, 0.1) is 30.8 Å². The Morgan fingerprint density at radius 2 is 1.83 bits per heavy atom. The van der Waals surface area contributed by atoms with Crippen molar-refractivity contribution in [2.24, 2.45) is 0 Å². The van der Waals surface area contributed by atoms with E-state index in [4.69, 9.17) is 9.47 Å². The molecule has 0 aliphatic rings. The van der Waals surface area contributed by atoms with Crippen molar-refractivity contribution >= 4 is 16.9 Å². The number of carbonyl (C=O) groups excluding carboxylic acids is 1. The number of imidazole rings is 1. The van der Waals surface area contributed by atoms with Crippen LogP contribution >= 0.6 is 0 Å². The van der Waals surface area contributed by atoms with E-state index in [0.717, 1.165) is 28.0 Å². The molecule has 0 saturated carbocycles. The molecular formula is C28H24N4O4. The largest absolute Gasteiger partial charge is 0.507 e. The van der Waals surface area contributed by atoms with E-state index in [9.17, 15) is 9.90 Å². The summed E-state index contributed by atoms with van der Waals surface area (Å²) < 4.78 is 10.7. The van der Waals surface area contributed by atoms with Gasteiger partial charge in [0.2, 0.25) is 5.88 Å². The zero-order chi connectivity index (χ0) is 25.1. The van der Waals surface area contributed by atoms with Crippen LogP contribution in [0.15, 0.2) is 79.0 Å². The molecule has 5 rings (SSSR count). The molecule has 0 aliphatic carbocycles. The Hall–Kier alpha value is -4.85. The highest BCUT2D eigenvalue weighted by Crippen LogP contribution is 2.35. The third-order valence-electron chi connectivity index (χ3n) is 5.90. The van der Waals surface area contributed by atoms with Crippen LogP contribution in [0.4, 0.5) is 0 Å². The molecule has 2 aromatic heterocycles. The van der Waals surface area contributed by atoms with Crippen molar-refractivity contribution in [1.29, 1.82) is 0 Å². The molecule has 2 heterocycles. The van der Waals surface area contributed by atoms with Crippen molar-refractivity contribution in [3.8, 4) is 39.9 Å². The molecule has 36 heavy (non-hydrogen) atoms. The Labute approximate surface area is 207 Å². The van der Waals surface area contributed by atoms with Gasteiger partial charge in [0.15, 0.2) is 0 Å². The number of phenols is 1. The van der Waals surface area contributed by atoms with Crippen molar-refractivity contribution in [2.75, 3.05) is 14.2 Å². The molecule has 0 fully saturated rings. The Morgan fingerprint density at radius 3 is 2.67 bits per heavy atom. The summed E-state index contributed by atoms with van der Waals surface area (Å²) in [6, 6.07) is 21.8. The Balaban J connectivity index is 1.42. The molecule has 1 amide bonds. The van der Waals surface area contributed by atoms with Crippen molar-refractivity contribution in [3.63, 3.8) is 0 Å². The number of ether oxygens (including phenoxy) is 2. The highest BCUT2D eigenvalue weighted by atomic mass is 16.5. The fraction of sp³-hybridized carbons (Fsp3) is 0.107. The second-order valence-electron chi connectivity index (χ2n) is 8.10. The monoisotopic (exact) mass is 480 g/mol. The summed E-state index contributed by atoms with van der Waals surface area (Å²) in [7, 11) is 3.17. The number of pyridine rings is 1. The fourth-order valence-corrected chi connectivity index (χ4v) is 4.07. The average molecular weight is 481 g/mol. The minimum atomic E-state index is -0.221. The van der Waals surface area contributed by atoms with Crippen LogP contribution in [0.1, 0.15) is 15.9 Å². The summed E-state index contributed by atoms with van der Waals surface area (Å²) in [6.45, 7) is 0.338. The zero-order valence-electron chi connectivity index (χ0n) is 19.8. The van der Waals surface area contributed by atoms with Gasteiger partial charge < -0.3 is 24.9 Å². The second kappa shape index (κ2) is 9.79. The van der Waals surface area contributed by atoms with E-state index in [0.29, 0.717) is 34.9 Å². The number of nitrogens with zero attached hydrogens (tertiary/aromatic N) is 2. The number of aromatic amines is 1. The number of amides is 1. The first kappa shape index (κ1) is 22.9. The minimum absolute atomic E-state index is 0.0791. The first-order chi connectivity index (χ1) is 17.6. The number of fused-ring (bicyclic) bond motifs is 1. The third-order valence-corrected chi connectivity index (χ3v) is 5.90. The van der Waals surface area contributed by atoms with Gasteiger partial charge in [0.25, 0.3) is 5.91 Å². The molecule has 8 heteroatoms. The summed E-state index contributed by atoms with van der Waals surface area (Å²) in [5.41, 5.74) is 4.87. The van der Waals surface area contributed by atoms with E-state index in [1.54, 1.807) is 50.7 Å². The Bertz CT molecular complexity index is 1560. The van der Waals surface area contributed by atoms with Crippen molar-refractivity contribution in [1.82, 2.24) is 20.3 Å². The molecule has 8 nitrogen and oxygen atoms in total. The lowest BCUT2D eigenvalue weighted by Gasteiger charge is -2.09. The van der Waals surface area contributed by atoms with Gasteiger partial charge in [-0.2, -0.15) is 0 Å². The molecule has 0 spiro atoms. The first-order valence-corrected chi connectivity index (χ1v) is 11.3. The lowest BCUT2D eigenvalue weighted by molar-refractivity contribution is 0.0951. The summed E-state index contributed by atoms with van der Waals surface area (Å²) in [4.78, 5) is 24.9. The molecule has 0 aliphatic heterocycles. The summed E-state index contributed by atoms with van der Waals surface area (Å²) in [5.74, 6) is 1.55. The zero-order valence-corrected chi connectivity index (χ0v) is 19.8. The van der Waals surface area contributed by atoms with Gasteiger partial charge in [-0.25, -0.2) is 9.97 Å². The smallest absolute Gasteiger partial charge is 0.251 e. The van der Waals surface area contributed by atoms with E-state index >= 15 is 0 Å². The number of hydrogen-bond acceptors (Lipinski definition) is 6. The Kier molecular flexibility index (Phi) is 6.23. The predicted molar refractivity (Wildman–Crippen MR) is 137 cm³/mol. The van der Waals surface area contributed by atoms with Gasteiger partial charge in [-0.1, -0.05) is 24.3 Å². The topological polar surface area (TPSA) is 109 Å². The van der Waals surface area contributed by atoms with Gasteiger partial charge >= 0.3 is 0 Å². The van der Waals surface area contributed by atoms with E-state index in [1.165, 1.54) is 0 Å². The van der Waals surface area contributed by atoms with Crippen LogP contribution in [-0.4, -0.2) is 40.2 Å². The second-order valence-corrected chi connectivity index (χ2v) is 8.10. The lowest BCUT2D eigenvalue weighted by Crippen LogP contribution is -2.23. The molecule has 3 aromatic carbocycles. The number of aromatic nitrogens is 3. The third kappa shape index (κ3) is 4.44. The van der Waals surface area contributed by atoms with E-state index < -0.39 is 0 Å². The van der Waals surface area contributed by atoms with Gasteiger partial charge in [0.1, 0.15) is 17.3 Å². The van der Waals surface area contributed by atoms with Crippen molar-refractivity contribution in [3.05, 3.63) is 90.1 Å². The van der Waals surface area contributed by atoms with Crippen LogP contribution in [0.25, 0.3) is 33.5 Å². The van der Waals surface area contributed by atoms with E-state index in [-0.39, 0.29) is 11.7 Å². The van der Waals surface area contributed by atoms with Crippen LogP contribution in [0.3, 0.4) is 0 Å². The normalized spacial score (nSPS) is 10.8. The van der Waals surface area contributed by atoms with Crippen LogP contribution in [0.2, 0.25) is 0 Å². The number of benzene rings is 3. The number of hydrogen-bond donors (Lipinski definition) is 3. The maximum Gasteiger partial charge on any atom is 0.251 e. The maximum atomic E-state index is 12.8. The number of H-pyrrole nitrogens is 1. The van der Waals surface area contributed by atoms with Gasteiger partial charge in [-0.05, 0) is 54.1 Å². The molecule has 3 N–H and O–H groups in total. The molecule has 0 saturated heterocycles. The number of rotatable bonds is 7. The Morgan fingerprint density at radius 1 is 0.972 bits per heavy atom. The highest BCUT2D eigenvalue weighted by molar-refractivity contribution is 5.97. The SMILES string of the molecule is COc1ccccc1CNC(=O)c1ccc2[nH]c(-c3cc(-c4cccnc4OC)ccc3O)nc2c1. The predicted octanol–water partition coefficient (Wildman–Crippen LogP) is 4.94. The molecule has 0 unspecified atom stereocenters. The van der Waals surface area contributed by atoms with Crippen LogP contribution in [-0.2, 0) is 6.54 Å². The van der Waals surface area contributed by atoms with Gasteiger partial charge in [-0.15, -0.1) is 0 Å². The maximum absolute atomic E-state index is 12.8. The van der Waals surface area contributed by atoms with Crippen LogP contribution < -0.4 is 14.8 Å². The quantitative estimate of drug-likeness (QED) is 0.304. The average Bonchev–Trinajstić information content (AvgIpc) is 3.35. The van der Waals surface area contributed by atoms with Crippen LogP contribution in [0.5, 0.6) is 17.4 Å². The summed E-state index contributed by atoms with van der Waals surface area (Å²) >= 11 is 0.